The number of nitrogens with zero attached hydrogens (tertiary/aromatic N) is 3. The van der Waals surface area contributed by atoms with Gasteiger partial charge < -0.3 is 15.4 Å². The molecule has 31 heavy (non-hydrogen) atoms. The fourth-order valence-electron chi connectivity index (χ4n) is 3.01. The van der Waals surface area contributed by atoms with Crippen LogP contribution in [0.5, 0.6) is 5.75 Å². The molecule has 0 saturated heterocycles. The van der Waals surface area contributed by atoms with Crippen molar-refractivity contribution in [2.45, 2.75) is 13.8 Å². The molecule has 0 spiro atoms. The Balaban J connectivity index is 1.99. The minimum absolute atomic E-state index is 0.180. The van der Waals surface area contributed by atoms with Gasteiger partial charge in [-0.25, -0.2) is 18.6 Å². The number of benzene rings is 2. The second-order valence-corrected chi connectivity index (χ2v) is 9.70. The fraction of sp³-hybridized carbons (Fsp3) is 0.286. The largest absolute Gasteiger partial charge is 0.481 e. The molecular weight excluding hydrogens is 421 g/mol. The van der Waals surface area contributed by atoms with E-state index in [1.54, 1.807) is 31.6 Å². The Hall–Kier alpha value is -3.27. The SMILES string of the molecule is CCNC(=O)COc1cc(F)ccc1Nc1ncnc2cc(N=S(C)(C)=O)cc(C)c12. The van der Waals surface area contributed by atoms with Crippen molar-refractivity contribution in [3.63, 3.8) is 0 Å². The van der Waals surface area contributed by atoms with Crippen LogP contribution in [0.3, 0.4) is 0 Å². The number of nitrogens with one attached hydrogen (secondary N) is 2. The lowest BCUT2D eigenvalue weighted by atomic mass is 10.1. The number of halogens is 1. The molecule has 1 heterocycles. The van der Waals surface area contributed by atoms with Crippen molar-refractivity contribution in [1.82, 2.24) is 15.3 Å². The third-order valence-electron chi connectivity index (χ3n) is 4.17. The van der Waals surface area contributed by atoms with E-state index in [0.717, 1.165) is 10.9 Å². The zero-order valence-corrected chi connectivity index (χ0v) is 18.5. The van der Waals surface area contributed by atoms with Crippen LogP contribution in [-0.4, -0.2) is 45.7 Å². The Bertz CT molecular complexity index is 1250. The number of rotatable bonds is 7. The smallest absolute Gasteiger partial charge is 0.257 e. The highest BCUT2D eigenvalue weighted by Gasteiger charge is 2.13. The normalized spacial score (nSPS) is 11.3. The molecule has 2 aromatic carbocycles. The second kappa shape index (κ2) is 9.25. The molecule has 0 radical (unpaired) electrons. The van der Waals surface area contributed by atoms with Gasteiger partial charge in [0.2, 0.25) is 0 Å². The molecular formula is C21H24FN5O3S. The van der Waals surface area contributed by atoms with Crippen molar-refractivity contribution >= 4 is 43.7 Å². The number of anilines is 2. The lowest BCUT2D eigenvalue weighted by molar-refractivity contribution is -0.122. The number of likely N-dealkylation sites (N-methyl/N-ethyl adjacent to an activating group) is 1. The van der Waals surface area contributed by atoms with E-state index in [1.807, 2.05) is 6.92 Å². The molecule has 0 aliphatic heterocycles. The quantitative estimate of drug-likeness (QED) is 0.575. The number of amides is 1. The molecule has 3 aromatic rings. The molecule has 0 saturated carbocycles. The molecule has 3 rings (SSSR count). The number of aromatic nitrogens is 2. The first-order valence-electron chi connectivity index (χ1n) is 9.55. The van der Waals surface area contributed by atoms with E-state index in [9.17, 15) is 13.4 Å². The maximum absolute atomic E-state index is 13.8. The maximum Gasteiger partial charge on any atom is 0.257 e. The molecule has 0 atom stereocenters. The molecule has 0 aliphatic rings. The van der Waals surface area contributed by atoms with Gasteiger partial charge in [0, 0.05) is 40.2 Å². The van der Waals surface area contributed by atoms with Gasteiger partial charge in [0.1, 0.15) is 23.7 Å². The van der Waals surface area contributed by atoms with Crippen LogP contribution in [0.15, 0.2) is 41.0 Å². The molecule has 10 heteroatoms. The third-order valence-corrected chi connectivity index (χ3v) is 4.83. The Morgan fingerprint density at radius 3 is 2.71 bits per heavy atom. The first-order valence-corrected chi connectivity index (χ1v) is 11.9. The van der Waals surface area contributed by atoms with Crippen LogP contribution in [0.1, 0.15) is 12.5 Å². The van der Waals surface area contributed by atoms with E-state index in [0.29, 0.717) is 29.3 Å². The van der Waals surface area contributed by atoms with Crippen molar-refractivity contribution in [1.29, 1.82) is 0 Å². The predicted octanol–water partition coefficient (Wildman–Crippen LogP) is 3.69. The van der Waals surface area contributed by atoms with Gasteiger partial charge in [-0.15, -0.1) is 0 Å². The molecule has 1 aromatic heterocycles. The summed E-state index contributed by atoms with van der Waals surface area (Å²) in [5.74, 6) is -0.133. The highest BCUT2D eigenvalue weighted by Crippen LogP contribution is 2.33. The van der Waals surface area contributed by atoms with E-state index >= 15 is 0 Å². The summed E-state index contributed by atoms with van der Waals surface area (Å²) < 4.78 is 35.6. The van der Waals surface area contributed by atoms with E-state index in [2.05, 4.69) is 25.0 Å². The van der Waals surface area contributed by atoms with Crippen LogP contribution in [0.2, 0.25) is 0 Å². The van der Waals surface area contributed by atoms with Crippen molar-refractivity contribution in [2.24, 2.45) is 4.36 Å². The average Bonchev–Trinajstić information content (AvgIpc) is 2.67. The number of hydrogen-bond donors (Lipinski definition) is 2. The van der Waals surface area contributed by atoms with Gasteiger partial charge in [-0.1, -0.05) is 0 Å². The topological polar surface area (TPSA) is 106 Å². The molecule has 0 aliphatic carbocycles. The summed E-state index contributed by atoms with van der Waals surface area (Å²) in [5, 5.41) is 6.51. The van der Waals surface area contributed by atoms with Crippen molar-refractivity contribution in [3.8, 4) is 5.75 Å². The first kappa shape index (κ1) is 22.4. The molecule has 164 valence electrons. The molecule has 2 N–H and O–H groups in total. The minimum atomic E-state index is -2.32. The van der Waals surface area contributed by atoms with Gasteiger partial charge in [-0.2, -0.15) is 4.36 Å². The average molecular weight is 446 g/mol. The van der Waals surface area contributed by atoms with Crippen LogP contribution < -0.4 is 15.4 Å². The number of aryl methyl sites for hydroxylation is 1. The summed E-state index contributed by atoms with van der Waals surface area (Å²) in [4.78, 5) is 20.3. The Labute approximate surface area is 180 Å². The first-order chi connectivity index (χ1) is 14.7. The highest BCUT2D eigenvalue weighted by atomic mass is 32.2. The summed E-state index contributed by atoms with van der Waals surface area (Å²) in [5.41, 5.74) is 2.46. The Kier molecular flexibility index (Phi) is 6.69. The van der Waals surface area contributed by atoms with Gasteiger partial charge in [0.05, 0.1) is 16.9 Å². The van der Waals surface area contributed by atoms with Crippen LogP contribution in [0, 0.1) is 12.7 Å². The van der Waals surface area contributed by atoms with E-state index in [1.165, 1.54) is 24.5 Å². The fourth-order valence-corrected chi connectivity index (χ4v) is 3.63. The van der Waals surface area contributed by atoms with E-state index in [4.69, 9.17) is 4.74 Å². The van der Waals surface area contributed by atoms with Crippen LogP contribution in [0.4, 0.5) is 21.6 Å². The lowest BCUT2D eigenvalue weighted by Crippen LogP contribution is -2.28. The second-order valence-electron chi connectivity index (χ2n) is 7.16. The lowest BCUT2D eigenvalue weighted by Gasteiger charge is -2.15. The van der Waals surface area contributed by atoms with Gasteiger partial charge in [-0.05, 0) is 43.7 Å². The van der Waals surface area contributed by atoms with Gasteiger partial charge in [0.15, 0.2) is 6.61 Å². The number of carbonyl (C=O) groups excluding carboxylic acids is 1. The van der Waals surface area contributed by atoms with Crippen molar-refractivity contribution in [3.05, 3.63) is 48.0 Å². The predicted molar refractivity (Wildman–Crippen MR) is 120 cm³/mol. The van der Waals surface area contributed by atoms with Crippen LogP contribution in [-0.2, 0) is 14.5 Å². The summed E-state index contributed by atoms with van der Waals surface area (Å²) in [6.07, 6.45) is 4.52. The third kappa shape index (κ3) is 5.88. The number of fused-ring (bicyclic) bond motifs is 1. The minimum Gasteiger partial charge on any atom is -0.481 e. The number of ether oxygens (including phenoxy) is 1. The molecule has 0 fully saturated rings. The summed E-state index contributed by atoms with van der Waals surface area (Å²) in [7, 11) is -2.32. The van der Waals surface area contributed by atoms with E-state index < -0.39 is 15.5 Å². The van der Waals surface area contributed by atoms with Crippen LogP contribution >= 0.6 is 0 Å². The Morgan fingerprint density at radius 2 is 2.00 bits per heavy atom. The van der Waals surface area contributed by atoms with Gasteiger partial charge in [-0.3, -0.25) is 4.79 Å². The van der Waals surface area contributed by atoms with Crippen molar-refractivity contribution < 1.29 is 18.1 Å². The molecule has 1 amide bonds. The summed E-state index contributed by atoms with van der Waals surface area (Å²) in [6.45, 7) is 3.91. The maximum atomic E-state index is 13.8. The zero-order chi connectivity index (χ0) is 22.6. The monoisotopic (exact) mass is 445 g/mol. The van der Waals surface area contributed by atoms with Crippen molar-refractivity contribution in [2.75, 3.05) is 31.0 Å². The standard InChI is InChI=1S/C21H24FN5O3S/c1-5-23-19(28)11-30-18-9-14(22)6-7-16(18)26-21-20-13(2)8-15(27-31(3,4)29)10-17(20)24-12-25-21/h6-10,12H,5,11H2,1-4H3,(H,23,28)(H,24,25,26). The van der Waals surface area contributed by atoms with Crippen LogP contribution in [0.25, 0.3) is 10.9 Å². The highest BCUT2D eigenvalue weighted by molar-refractivity contribution is 7.92. The Morgan fingerprint density at radius 1 is 1.23 bits per heavy atom. The summed E-state index contributed by atoms with van der Waals surface area (Å²) in [6, 6.07) is 7.54. The molecule has 8 nitrogen and oxygen atoms in total. The van der Waals surface area contributed by atoms with Gasteiger partial charge >= 0.3 is 0 Å². The number of hydrogen-bond acceptors (Lipinski definition) is 7. The van der Waals surface area contributed by atoms with E-state index in [-0.39, 0.29) is 18.3 Å². The zero-order valence-electron chi connectivity index (χ0n) is 17.7. The molecule has 0 unspecified atom stereocenters. The molecule has 0 bridgehead atoms. The summed E-state index contributed by atoms with van der Waals surface area (Å²) >= 11 is 0. The number of carbonyl (C=O) groups is 1. The van der Waals surface area contributed by atoms with Gasteiger partial charge in [0.25, 0.3) is 5.91 Å².